The minimum Gasteiger partial charge on any atom is -0.380 e. The maximum absolute atomic E-state index is 11.0. The van der Waals surface area contributed by atoms with Crippen LogP contribution in [-0.2, 0) is 9.53 Å². The molecular weight excluding hydrogens is 152 g/mol. The summed E-state index contributed by atoms with van der Waals surface area (Å²) in [6, 6.07) is 0. The second-order valence-corrected chi connectivity index (χ2v) is 3.33. The second-order valence-electron chi connectivity index (χ2n) is 3.33. The molecule has 0 fully saturated rings. The summed E-state index contributed by atoms with van der Waals surface area (Å²) in [6.07, 6.45) is 0.747. The Kier molecular flexibility index (Phi) is 4.83. The Morgan fingerprint density at radius 2 is 2.00 bits per heavy atom. The summed E-state index contributed by atoms with van der Waals surface area (Å²) in [4.78, 5) is 11.0. The van der Waals surface area contributed by atoms with Crippen molar-refractivity contribution in [3.63, 3.8) is 0 Å². The Labute approximate surface area is 74.6 Å². The third kappa shape index (κ3) is 3.67. The molecule has 12 heavy (non-hydrogen) atoms. The van der Waals surface area contributed by atoms with Crippen LogP contribution in [0.1, 0.15) is 27.2 Å². The molecule has 0 amide bonds. The van der Waals surface area contributed by atoms with Crippen LogP contribution in [0.5, 0.6) is 0 Å². The molecule has 0 aliphatic rings. The van der Waals surface area contributed by atoms with Gasteiger partial charge in [-0.1, -0.05) is 12.5 Å². The maximum Gasteiger partial charge on any atom is 0.135 e. The van der Waals surface area contributed by atoms with Crippen LogP contribution in [0, 0.1) is 5.92 Å². The van der Waals surface area contributed by atoms with Gasteiger partial charge in [0.05, 0.1) is 6.10 Å². The van der Waals surface area contributed by atoms with Crippen LogP contribution in [0.25, 0.3) is 0 Å². The van der Waals surface area contributed by atoms with Crippen LogP contribution < -0.4 is 0 Å². The van der Waals surface area contributed by atoms with Gasteiger partial charge in [0.25, 0.3) is 0 Å². The van der Waals surface area contributed by atoms with Gasteiger partial charge in [-0.15, -0.1) is 6.58 Å². The summed E-state index contributed by atoms with van der Waals surface area (Å²) in [7, 11) is 1.63. The smallest absolute Gasteiger partial charge is 0.135 e. The first-order chi connectivity index (χ1) is 5.49. The SMILES string of the molecule is C=C(C)CC(OC)C(C)C(C)=O. The Balaban J connectivity index is 4.14. The molecule has 2 unspecified atom stereocenters. The highest BCUT2D eigenvalue weighted by Crippen LogP contribution is 2.15. The van der Waals surface area contributed by atoms with E-state index in [9.17, 15) is 4.79 Å². The Morgan fingerprint density at radius 3 is 2.25 bits per heavy atom. The molecular formula is C10H18O2. The highest BCUT2D eigenvalue weighted by molar-refractivity contribution is 5.78. The molecule has 70 valence electrons. The highest BCUT2D eigenvalue weighted by Gasteiger charge is 2.20. The number of rotatable bonds is 5. The topological polar surface area (TPSA) is 26.3 Å². The summed E-state index contributed by atoms with van der Waals surface area (Å²) in [5.74, 6) is 0.134. The van der Waals surface area contributed by atoms with Gasteiger partial charge in [-0.2, -0.15) is 0 Å². The molecule has 0 N–H and O–H groups in total. The molecule has 2 nitrogen and oxygen atoms in total. The quantitative estimate of drug-likeness (QED) is 0.591. The number of hydrogen-bond donors (Lipinski definition) is 0. The lowest BCUT2D eigenvalue weighted by Crippen LogP contribution is -2.26. The monoisotopic (exact) mass is 170 g/mol. The average Bonchev–Trinajstić information content (AvgIpc) is 1.98. The summed E-state index contributed by atoms with van der Waals surface area (Å²) < 4.78 is 5.20. The Morgan fingerprint density at radius 1 is 1.50 bits per heavy atom. The van der Waals surface area contributed by atoms with Gasteiger partial charge >= 0.3 is 0 Å². The van der Waals surface area contributed by atoms with Crippen LogP contribution in [0.15, 0.2) is 12.2 Å². The van der Waals surface area contributed by atoms with Crippen molar-refractivity contribution in [2.75, 3.05) is 7.11 Å². The zero-order chi connectivity index (χ0) is 9.72. The van der Waals surface area contributed by atoms with E-state index in [1.807, 2.05) is 13.8 Å². The highest BCUT2D eigenvalue weighted by atomic mass is 16.5. The van der Waals surface area contributed by atoms with Crippen LogP contribution in [-0.4, -0.2) is 19.0 Å². The third-order valence-corrected chi connectivity index (χ3v) is 2.05. The fraction of sp³-hybridized carbons (Fsp3) is 0.700. The predicted molar refractivity (Wildman–Crippen MR) is 50.1 cm³/mol. The van der Waals surface area contributed by atoms with E-state index in [0.29, 0.717) is 0 Å². The van der Waals surface area contributed by atoms with Crippen molar-refractivity contribution in [3.05, 3.63) is 12.2 Å². The summed E-state index contributed by atoms with van der Waals surface area (Å²) in [5, 5.41) is 0. The van der Waals surface area contributed by atoms with Crippen molar-refractivity contribution in [3.8, 4) is 0 Å². The molecule has 0 aromatic heterocycles. The van der Waals surface area contributed by atoms with Crippen molar-refractivity contribution in [2.45, 2.75) is 33.3 Å². The molecule has 0 aliphatic carbocycles. The fourth-order valence-corrected chi connectivity index (χ4v) is 1.07. The van der Waals surface area contributed by atoms with Crippen LogP contribution in [0.3, 0.4) is 0 Å². The molecule has 0 saturated carbocycles. The lowest BCUT2D eigenvalue weighted by atomic mass is 9.95. The zero-order valence-electron chi connectivity index (χ0n) is 8.39. The molecule has 0 aromatic rings. The largest absolute Gasteiger partial charge is 0.380 e. The number of carbonyl (C=O) groups is 1. The minimum atomic E-state index is -0.0355. The van der Waals surface area contributed by atoms with E-state index < -0.39 is 0 Å². The molecule has 2 atom stereocenters. The predicted octanol–water partition coefficient (Wildman–Crippen LogP) is 2.19. The van der Waals surface area contributed by atoms with Crippen molar-refractivity contribution in [1.29, 1.82) is 0 Å². The van der Waals surface area contributed by atoms with E-state index in [4.69, 9.17) is 4.74 Å². The standard InChI is InChI=1S/C10H18O2/c1-7(2)6-10(12-5)8(3)9(4)11/h8,10H,1,6H2,2-5H3. The number of methoxy groups -OCH3 is 1. The number of hydrogen-bond acceptors (Lipinski definition) is 2. The molecule has 0 aliphatic heterocycles. The molecule has 0 saturated heterocycles. The van der Waals surface area contributed by atoms with Gasteiger partial charge < -0.3 is 4.74 Å². The summed E-state index contributed by atoms with van der Waals surface area (Å²) in [6.45, 7) is 9.22. The number of carbonyl (C=O) groups excluding carboxylic acids is 1. The van der Waals surface area contributed by atoms with Crippen LogP contribution in [0.2, 0.25) is 0 Å². The van der Waals surface area contributed by atoms with Crippen molar-refractivity contribution in [2.24, 2.45) is 5.92 Å². The number of ether oxygens (including phenoxy) is 1. The molecule has 0 heterocycles. The van der Waals surface area contributed by atoms with Gasteiger partial charge in [0.15, 0.2) is 0 Å². The first-order valence-corrected chi connectivity index (χ1v) is 4.16. The van der Waals surface area contributed by atoms with E-state index in [1.165, 1.54) is 0 Å². The minimum absolute atomic E-state index is 0.0139. The van der Waals surface area contributed by atoms with E-state index in [-0.39, 0.29) is 17.8 Å². The van der Waals surface area contributed by atoms with Gasteiger partial charge in [0.1, 0.15) is 5.78 Å². The fourth-order valence-electron chi connectivity index (χ4n) is 1.07. The van der Waals surface area contributed by atoms with Gasteiger partial charge in [-0.05, 0) is 20.3 Å². The van der Waals surface area contributed by atoms with Crippen molar-refractivity contribution < 1.29 is 9.53 Å². The second kappa shape index (κ2) is 5.09. The first-order valence-electron chi connectivity index (χ1n) is 4.16. The molecule has 0 spiro atoms. The first kappa shape index (κ1) is 11.4. The number of Topliss-reactive ketones (excluding diaryl/α,β-unsaturated/α-hetero) is 1. The van der Waals surface area contributed by atoms with Crippen LogP contribution >= 0.6 is 0 Å². The zero-order valence-corrected chi connectivity index (χ0v) is 8.39. The Hall–Kier alpha value is -0.630. The van der Waals surface area contributed by atoms with E-state index in [2.05, 4.69) is 6.58 Å². The maximum atomic E-state index is 11.0. The molecule has 0 bridgehead atoms. The molecule has 0 rings (SSSR count). The van der Waals surface area contributed by atoms with E-state index in [1.54, 1.807) is 14.0 Å². The van der Waals surface area contributed by atoms with Crippen molar-refractivity contribution in [1.82, 2.24) is 0 Å². The van der Waals surface area contributed by atoms with Crippen molar-refractivity contribution >= 4 is 5.78 Å². The van der Waals surface area contributed by atoms with Gasteiger partial charge in [-0.3, -0.25) is 4.79 Å². The lowest BCUT2D eigenvalue weighted by molar-refractivity contribution is -0.124. The average molecular weight is 170 g/mol. The van der Waals surface area contributed by atoms with E-state index >= 15 is 0 Å². The summed E-state index contributed by atoms with van der Waals surface area (Å²) >= 11 is 0. The normalized spacial score (nSPS) is 15.3. The molecule has 0 radical (unpaired) electrons. The van der Waals surface area contributed by atoms with E-state index in [0.717, 1.165) is 12.0 Å². The van der Waals surface area contributed by atoms with Gasteiger partial charge in [0.2, 0.25) is 0 Å². The molecule has 0 aromatic carbocycles. The summed E-state index contributed by atoms with van der Waals surface area (Å²) in [5.41, 5.74) is 1.05. The van der Waals surface area contributed by atoms with Crippen LogP contribution in [0.4, 0.5) is 0 Å². The van der Waals surface area contributed by atoms with Gasteiger partial charge in [0, 0.05) is 13.0 Å². The lowest BCUT2D eigenvalue weighted by Gasteiger charge is -2.20. The Bertz CT molecular complexity index is 173. The van der Waals surface area contributed by atoms with Gasteiger partial charge in [-0.25, -0.2) is 0 Å². The third-order valence-electron chi connectivity index (χ3n) is 2.05. The molecule has 2 heteroatoms. The number of ketones is 1.